The van der Waals surface area contributed by atoms with Gasteiger partial charge in [0.2, 0.25) is 0 Å². The summed E-state index contributed by atoms with van der Waals surface area (Å²) < 4.78 is 0. The monoisotopic (exact) mass is 331 g/mol. The van der Waals surface area contributed by atoms with E-state index >= 15 is 0 Å². The van der Waals surface area contributed by atoms with Gasteiger partial charge in [-0.1, -0.05) is 76.8 Å². The summed E-state index contributed by atoms with van der Waals surface area (Å²) in [6, 6.07) is 10.2. The van der Waals surface area contributed by atoms with E-state index in [4.69, 9.17) is 4.99 Å². The van der Waals surface area contributed by atoms with Crippen molar-refractivity contribution in [2.45, 2.75) is 58.5 Å². The molecule has 1 nitrogen and oxygen atoms in total. The van der Waals surface area contributed by atoms with Crippen molar-refractivity contribution in [1.29, 1.82) is 0 Å². The topological polar surface area (TPSA) is 12.4 Å². The molecule has 3 heteroatoms. The second-order valence-electron chi connectivity index (χ2n) is 6.70. The molecule has 1 aromatic rings. The first kappa shape index (κ1) is 19.1. The van der Waals surface area contributed by atoms with E-state index in [1.54, 1.807) is 0 Å². The molecule has 0 aromatic heterocycles. The van der Waals surface area contributed by atoms with Gasteiger partial charge in [0.15, 0.2) is 0 Å². The van der Waals surface area contributed by atoms with Crippen molar-refractivity contribution in [3.8, 4) is 11.5 Å². The Morgan fingerprint density at radius 3 is 2.27 bits per heavy atom. The van der Waals surface area contributed by atoms with Crippen LogP contribution < -0.4 is 0 Å². The largest absolute Gasteiger partial charge is 0.233 e. The van der Waals surface area contributed by atoms with Crippen LogP contribution in [0.25, 0.3) is 0 Å². The van der Waals surface area contributed by atoms with Crippen LogP contribution in [0.5, 0.6) is 0 Å². The molecule has 0 fully saturated rings. The van der Waals surface area contributed by atoms with E-state index in [2.05, 4.69) is 51.9 Å². The number of hydrogen-bond donors (Lipinski definition) is 0. The Morgan fingerprint density at radius 1 is 1.14 bits per heavy atom. The Balaban J connectivity index is 3.05. The minimum absolute atomic E-state index is 0.586. The smallest absolute Gasteiger partial charge is 0.146 e. The third-order valence-corrected chi connectivity index (χ3v) is 5.87. The van der Waals surface area contributed by atoms with E-state index in [1.807, 2.05) is 42.1 Å². The van der Waals surface area contributed by atoms with Crippen LogP contribution in [0.15, 0.2) is 35.3 Å². The van der Waals surface area contributed by atoms with E-state index in [9.17, 15) is 0 Å². The molecule has 22 heavy (non-hydrogen) atoms. The second-order valence-corrected chi connectivity index (χ2v) is 12.7. The Morgan fingerprint density at radius 2 is 1.77 bits per heavy atom. The lowest BCUT2D eigenvalue weighted by Crippen LogP contribution is -2.18. The third-order valence-electron chi connectivity index (χ3n) is 3.48. The SMILES string of the molecule is CCC(C)C(CC)SC(C#C[Si](C)(C)C)=Nc1ccccc1. The van der Waals surface area contributed by atoms with Crippen LogP contribution >= 0.6 is 11.8 Å². The predicted octanol–water partition coefficient (Wildman–Crippen LogP) is 6.16. The highest BCUT2D eigenvalue weighted by molar-refractivity contribution is 8.15. The van der Waals surface area contributed by atoms with Crippen molar-refractivity contribution >= 4 is 30.6 Å². The van der Waals surface area contributed by atoms with Crippen molar-refractivity contribution in [2.24, 2.45) is 10.9 Å². The highest BCUT2D eigenvalue weighted by atomic mass is 32.2. The predicted molar refractivity (Wildman–Crippen MR) is 106 cm³/mol. The third kappa shape index (κ3) is 7.33. The van der Waals surface area contributed by atoms with E-state index in [0.29, 0.717) is 11.2 Å². The molecule has 0 amide bonds. The second kappa shape index (κ2) is 9.22. The summed E-state index contributed by atoms with van der Waals surface area (Å²) in [5, 5.41) is 1.56. The van der Waals surface area contributed by atoms with Gasteiger partial charge in [-0.2, -0.15) is 0 Å². The van der Waals surface area contributed by atoms with Gasteiger partial charge in [0.25, 0.3) is 0 Å². The van der Waals surface area contributed by atoms with Crippen LogP contribution in [-0.4, -0.2) is 18.4 Å². The average Bonchev–Trinajstić information content (AvgIpc) is 2.49. The highest BCUT2D eigenvalue weighted by Gasteiger charge is 2.17. The Bertz CT molecular complexity index is 534. The number of benzene rings is 1. The van der Waals surface area contributed by atoms with Crippen molar-refractivity contribution in [1.82, 2.24) is 0 Å². The van der Waals surface area contributed by atoms with Crippen LogP contribution in [0, 0.1) is 17.4 Å². The van der Waals surface area contributed by atoms with E-state index in [-0.39, 0.29) is 0 Å². The van der Waals surface area contributed by atoms with E-state index in [1.165, 1.54) is 6.42 Å². The Kier molecular flexibility index (Phi) is 7.99. The van der Waals surface area contributed by atoms with Gasteiger partial charge in [-0.25, -0.2) is 4.99 Å². The van der Waals surface area contributed by atoms with Crippen LogP contribution in [0.3, 0.4) is 0 Å². The van der Waals surface area contributed by atoms with Crippen LogP contribution in [0.2, 0.25) is 19.6 Å². The van der Waals surface area contributed by atoms with Crippen molar-refractivity contribution < 1.29 is 0 Å². The number of aliphatic imine (C=N–C) groups is 1. The maximum Gasteiger partial charge on any atom is 0.146 e. The Labute approximate surface area is 142 Å². The summed E-state index contributed by atoms with van der Waals surface area (Å²) in [5.74, 6) is 4.06. The lowest BCUT2D eigenvalue weighted by Gasteiger charge is -2.20. The van der Waals surface area contributed by atoms with Gasteiger partial charge in [-0.15, -0.1) is 5.54 Å². The first-order chi connectivity index (χ1) is 10.4. The molecular weight excluding hydrogens is 302 g/mol. The quantitative estimate of drug-likeness (QED) is 0.272. The van der Waals surface area contributed by atoms with Gasteiger partial charge < -0.3 is 0 Å². The van der Waals surface area contributed by atoms with E-state index < -0.39 is 8.07 Å². The zero-order valence-corrected chi connectivity index (χ0v) is 16.6. The van der Waals surface area contributed by atoms with Gasteiger partial charge in [-0.05, 0) is 30.4 Å². The molecule has 0 aliphatic rings. The fraction of sp³-hybridized carbons (Fsp3) is 0.526. The van der Waals surface area contributed by atoms with Gasteiger partial charge in [0, 0.05) is 5.25 Å². The summed E-state index contributed by atoms with van der Waals surface area (Å²) in [6.07, 6.45) is 2.35. The summed E-state index contributed by atoms with van der Waals surface area (Å²) in [5.41, 5.74) is 4.46. The molecule has 1 rings (SSSR count). The molecule has 1 aromatic carbocycles. The van der Waals surface area contributed by atoms with Crippen molar-refractivity contribution in [3.63, 3.8) is 0 Å². The maximum atomic E-state index is 4.79. The molecule has 0 saturated carbocycles. The minimum atomic E-state index is -1.39. The molecule has 120 valence electrons. The molecule has 2 atom stereocenters. The maximum absolute atomic E-state index is 4.79. The lowest BCUT2D eigenvalue weighted by atomic mass is 10.0. The summed E-state index contributed by atoms with van der Waals surface area (Å²) in [6.45, 7) is 13.7. The number of nitrogens with zero attached hydrogens (tertiary/aromatic N) is 1. The highest BCUT2D eigenvalue weighted by Crippen LogP contribution is 2.27. The first-order valence-electron chi connectivity index (χ1n) is 8.19. The van der Waals surface area contributed by atoms with E-state index in [0.717, 1.165) is 17.2 Å². The molecule has 0 bridgehead atoms. The Hall–Kier alpha value is -0.983. The van der Waals surface area contributed by atoms with Gasteiger partial charge in [0.1, 0.15) is 13.1 Å². The molecule has 2 unspecified atom stereocenters. The standard InChI is InChI=1S/C19H29NSSi/c1-7-16(3)18(8-2)21-19(14-15-22(4,5)6)20-17-12-10-9-11-13-17/h9-13,16,18H,7-8H2,1-6H3. The van der Waals surface area contributed by atoms with Crippen molar-refractivity contribution in [2.75, 3.05) is 0 Å². The normalized spacial score (nSPS) is 14.9. The lowest BCUT2D eigenvalue weighted by molar-refractivity contribution is 0.526. The average molecular weight is 332 g/mol. The molecule has 0 radical (unpaired) electrons. The summed E-state index contributed by atoms with van der Waals surface area (Å²) in [7, 11) is -1.39. The summed E-state index contributed by atoms with van der Waals surface area (Å²) >= 11 is 1.86. The van der Waals surface area contributed by atoms with Crippen molar-refractivity contribution in [3.05, 3.63) is 30.3 Å². The molecule has 0 saturated heterocycles. The fourth-order valence-electron chi connectivity index (χ4n) is 1.95. The number of thioether (sulfide) groups is 1. The molecular formula is C19H29NSSi. The number of para-hydroxylation sites is 1. The van der Waals surface area contributed by atoms with Crippen LogP contribution in [0.4, 0.5) is 5.69 Å². The van der Waals surface area contributed by atoms with Crippen LogP contribution in [-0.2, 0) is 0 Å². The molecule has 0 spiro atoms. The zero-order valence-electron chi connectivity index (χ0n) is 14.8. The molecule has 0 heterocycles. The number of rotatable bonds is 5. The summed E-state index contributed by atoms with van der Waals surface area (Å²) in [4.78, 5) is 4.79. The van der Waals surface area contributed by atoms with Gasteiger partial charge >= 0.3 is 0 Å². The van der Waals surface area contributed by atoms with Crippen LogP contribution in [0.1, 0.15) is 33.6 Å². The fourth-order valence-corrected chi connectivity index (χ4v) is 3.68. The number of hydrogen-bond acceptors (Lipinski definition) is 2. The minimum Gasteiger partial charge on any atom is -0.233 e. The van der Waals surface area contributed by atoms with Gasteiger partial charge in [0.05, 0.1) is 5.69 Å². The first-order valence-corrected chi connectivity index (χ1v) is 12.6. The molecule has 0 N–H and O–H groups in total. The molecule has 0 aliphatic carbocycles. The van der Waals surface area contributed by atoms with Gasteiger partial charge in [-0.3, -0.25) is 0 Å². The zero-order chi connectivity index (χ0) is 16.6. The molecule has 0 aliphatic heterocycles.